The predicted molar refractivity (Wildman–Crippen MR) is 132 cm³/mol. The fourth-order valence-electron chi connectivity index (χ4n) is 3.94. The maximum absolute atomic E-state index is 10.3. The average molecular weight is 459 g/mol. The van der Waals surface area contributed by atoms with Crippen LogP contribution in [0.4, 0.5) is 0 Å². The lowest BCUT2D eigenvalue weighted by Crippen LogP contribution is -1.93. The monoisotopic (exact) mass is 458 g/mol. The van der Waals surface area contributed by atoms with Crippen LogP contribution in [0, 0.1) is 0 Å². The van der Waals surface area contributed by atoms with Gasteiger partial charge in [-0.25, -0.2) is 0 Å². The lowest BCUT2D eigenvalue weighted by molar-refractivity contribution is 0.394. The highest BCUT2D eigenvalue weighted by Gasteiger charge is 2.17. The molecule has 0 fully saturated rings. The van der Waals surface area contributed by atoms with Crippen molar-refractivity contribution in [2.75, 3.05) is 28.4 Å². The van der Waals surface area contributed by atoms with Crippen LogP contribution >= 0.6 is 0 Å². The second-order valence-corrected chi connectivity index (χ2v) is 7.66. The van der Waals surface area contributed by atoms with E-state index in [9.17, 15) is 10.2 Å². The summed E-state index contributed by atoms with van der Waals surface area (Å²) >= 11 is 0. The summed E-state index contributed by atoms with van der Waals surface area (Å²) < 4.78 is 21.8. The topological polar surface area (TPSA) is 77.4 Å². The van der Waals surface area contributed by atoms with Gasteiger partial charge in [0.15, 0.2) is 0 Å². The maximum atomic E-state index is 10.3. The highest BCUT2D eigenvalue weighted by atomic mass is 16.5. The van der Waals surface area contributed by atoms with E-state index in [4.69, 9.17) is 18.9 Å². The highest BCUT2D eigenvalue weighted by molar-refractivity contribution is 5.93. The largest absolute Gasteiger partial charge is 0.508 e. The molecule has 6 nitrogen and oxygen atoms in total. The minimum absolute atomic E-state index is 0.129. The Morgan fingerprint density at radius 3 is 1.03 bits per heavy atom. The van der Waals surface area contributed by atoms with Crippen molar-refractivity contribution in [3.05, 3.63) is 72.8 Å². The first-order chi connectivity index (χ1) is 16.4. The molecule has 0 aliphatic rings. The van der Waals surface area contributed by atoms with Crippen molar-refractivity contribution in [2.24, 2.45) is 0 Å². The number of benzene rings is 4. The molecule has 0 heterocycles. The highest BCUT2D eigenvalue weighted by Crippen LogP contribution is 2.43. The van der Waals surface area contributed by atoms with Gasteiger partial charge in [0.05, 0.1) is 28.4 Å². The van der Waals surface area contributed by atoms with Gasteiger partial charge in [0, 0.05) is 12.1 Å². The van der Waals surface area contributed by atoms with Crippen LogP contribution < -0.4 is 18.9 Å². The van der Waals surface area contributed by atoms with Crippen molar-refractivity contribution in [2.45, 2.75) is 0 Å². The van der Waals surface area contributed by atoms with Crippen LogP contribution in [0.25, 0.3) is 33.4 Å². The molecule has 4 aromatic rings. The quantitative estimate of drug-likeness (QED) is 0.347. The summed E-state index contributed by atoms with van der Waals surface area (Å²) in [7, 11) is 6.37. The van der Waals surface area contributed by atoms with Gasteiger partial charge >= 0.3 is 0 Å². The van der Waals surface area contributed by atoms with Gasteiger partial charge in [-0.2, -0.15) is 0 Å². The molecule has 0 unspecified atom stereocenters. The first-order valence-corrected chi connectivity index (χ1v) is 10.6. The van der Waals surface area contributed by atoms with E-state index < -0.39 is 0 Å². The summed E-state index contributed by atoms with van der Waals surface area (Å²) in [6, 6.07) is 21.5. The Morgan fingerprint density at radius 1 is 0.412 bits per heavy atom. The molecule has 0 saturated carbocycles. The van der Waals surface area contributed by atoms with Gasteiger partial charge < -0.3 is 29.2 Å². The summed E-state index contributed by atoms with van der Waals surface area (Å²) in [5.74, 6) is 2.78. The Bertz CT molecular complexity index is 1180. The summed E-state index contributed by atoms with van der Waals surface area (Å²) in [5.41, 5.74) is 4.88. The van der Waals surface area contributed by atoms with Crippen LogP contribution in [0.1, 0.15) is 0 Å². The van der Waals surface area contributed by atoms with E-state index in [0.717, 1.165) is 33.4 Å². The molecule has 0 atom stereocenters. The number of hydrogen-bond donors (Lipinski definition) is 2. The number of phenolic OH excluding ortho intramolecular Hbond substituents is 2. The molecule has 4 rings (SSSR count). The third kappa shape index (κ3) is 4.57. The standard InChI is InChI=1S/C28H26O6/c1-31-21-9-17(10-22(15-21)32-2)27-13-19(29)5-7-25(27)26-8-6-20(30)14-28(26)18-11-23(33-3)16-24(12-18)34-4/h5-16,29-30H,1-4H3. The predicted octanol–water partition coefficient (Wildman–Crippen LogP) is 6.13. The van der Waals surface area contributed by atoms with E-state index in [1.54, 1.807) is 64.8 Å². The Kier molecular flexibility index (Phi) is 6.50. The van der Waals surface area contributed by atoms with E-state index >= 15 is 0 Å². The van der Waals surface area contributed by atoms with Gasteiger partial charge in [0.1, 0.15) is 34.5 Å². The lowest BCUT2D eigenvalue weighted by atomic mass is 9.88. The second-order valence-electron chi connectivity index (χ2n) is 7.66. The molecule has 0 amide bonds. The Hall–Kier alpha value is -4.32. The van der Waals surface area contributed by atoms with Crippen LogP contribution in [-0.2, 0) is 0 Å². The number of aromatic hydroxyl groups is 2. The van der Waals surface area contributed by atoms with Crippen LogP contribution in [0.5, 0.6) is 34.5 Å². The fraction of sp³-hybridized carbons (Fsp3) is 0.143. The van der Waals surface area contributed by atoms with Crippen LogP contribution in [0.2, 0.25) is 0 Å². The number of hydrogen-bond acceptors (Lipinski definition) is 6. The van der Waals surface area contributed by atoms with Gasteiger partial charge in [0.25, 0.3) is 0 Å². The van der Waals surface area contributed by atoms with Gasteiger partial charge in [-0.3, -0.25) is 0 Å². The molecule has 0 saturated heterocycles. The number of methoxy groups -OCH3 is 4. The summed E-state index contributed by atoms with van der Waals surface area (Å²) in [6.45, 7) is 0. The van der Waals surface area contributed by atoms with Crippen molar-refractivity contribution in [1.82, 2.24) is 0 Å². The Labute approximate surface area is 198 Å². The normalized spacial score (nSPS) is 10.6. The lowest BCUT2D eigenvalue weighted by Gasteiger charge is -2.17. The van der Waals surface area contributed by atoms with Crippen molar-refractivity contribution in [1.29, 1.82) is 0 Å². The minimum Gasteiger partial charge on any atom is -0.508 e. The molecule has 6 heteroatoms. The first kappa shape index (κ1) is 22.9. The van der Waals surface area contributed by atoms with Gasteiger partial charge in [-0.1, -0.05) is 12.1 Å². The smallest absolute Gasteiger partial charge is 0.123 e. The van der Waals surface area contributed by atoms with E-state index in [-0.39, 0.29) is 11.5 Å². The molecule has 0 aromatic heterocycles. The number of rotatable bonds is 7. The third-order valence-electron chi connectivity index (χ3n) is 5.62. The zero-order chi connectivity index (χ0) is 24.2. The molecule has 0 aliphatic carbocycles. The zero-order valence-electron chi connectivity index (χ0n) is 19.5. The Morgan fingerprint density at radius 2 is 0.735 bits per heavy atom. The van der Waals surface area contributed by atoms with Gasteiger partial charge in [-0.05, 0) is 81.9 Å². The van der Waals surface area contributed by atoms with Crippen molar-refractivity contribution >= 4 is 0 Å². The number of phenols is 2. The molecule has 2 N–H and O–H groups in total. The van der Waals surface area contributed by atoms with E-state index in [0.29, 0.717) is 23.0 Å². The van der Waals surface area contributed by atoms with E-state index in [1.165, 1.54) is 0 Å². The molecular weight excluding hydrogens is 432 g/mol. The third-order valence-corrected chi connectivity index (χ3v) is 5.62. The molecule has 34 heavy (non-hydrogen) atoms. The van der Waals surface area contributed by atoms with Crippen molar-refractivity contribution in [3.63, 3.8) is 0 Å². The molecule has 4 aromatic carbocycles. The maximum Gasteiger partial charge on any atom is 0.123 e. The van der Waals surface area contributed by atoms with Crippen molar-refractivity contribution < 1.29 is 29.2 Å². The van der Waals surface area contributed by atoms with Crippen LogP contribution in [-0.4, -0.2) is 38.7 Å². The van der Waals surface area contributed by atoms with Crippen LogP contribution in [0.15, 0.2) is 72.8 Å². The summed E-state index contributed by atoms with van der Waals surface area (Å²) in [4.78, 5) is 0. The van der Waals surface area contributed by atoms with Crippen molar-refractivity contribution in [3.8, 4) is 67.9 Å². The molecule has 0 radical (unpaired) electrons. The summed E-state index contributed by atoms with van der Waals surface area (Å²) in [5, 5.41) is 20.7. The molecule has 174 valence electrons. The minimum atomic E-state index is 0.129. The average Bonchev–Trinajstić information content (AvgIpc) is 2.88. The van der Waals surface area contributed by atoms with Gasteiger partial charge in [0.2, 0.25) is 0 Å². The second kappa shape index (κ2) is 9.67. The zero-order valence-corrected chi connectivity index (χ0v) is 19.5. The molecular formula is C28H26O6. The van der Waals surface area contributed by atoms with Crippen LogP contribution in [0.3, 0.4) is 0 Å². The summed E-state index contributed by atoms with van der Waals surface area (Å²) in [6.07, 6.45) is 0. The fourth-order valence-corrected chi connectivity index (χ4v) is 3.94. The SMILES string of the molecule is COc1cc(OC)cc(-c2cc(O)ccc2-c2ccc(O)cc2-c2cc(OC)cc(OC)c2)c1. The molecule has 0 aliphatic heterocycles. The van der Waals surface area contributed by atoms with E-state index in [1.807, 2.05) is 36.4 Å². The number of ether oxygens (including phenoxy) is 4. The van der Waals surface area contributed by atoms with Gasteiger partial charge in [-0.15, -0.1) is 0 Å². The molecule has 0 spiro atoms. The van der Waals surface area contributed by atoms with E-state index in [2.05, 4.69) is 0 Å². The first-order valence-electron chi connectivity index (χ1n) is 10.6. The Balaban J connectivity index is 1.99. The molecule has 0 bridgehead atoms.